The van der Waals surface area contributed by atoms with Crippen LogP contribution < -0.4 is 5.32 Å². The normalized spacial score (nSPS) is 10.2. The van der Waals surface area contributed by atoms with Gasteiger partial charge in [-0.15, -0.1) is 0 Å². The van der Waals surface area contributed by atoms with Crippen LogP contribution in [-0.4, -0.2) is 27.2 Å². The molecule has 0 fully saturated rings. The lowest BCUT2D eigenvalue weighted by Crippen LogP contribution is -2.12. The number of carboxylic acids is 1. The minimum atomic E-state index is -1.01. The Morgan fingerprint density at radius 3 is 2.63 bits per heavy atom. The lowest BCUT2D eigenvalue weighted by Gasteiger charge is -2.10. The maximum Gasteiger partial charge on any atom is 0.336 e. The molecule has 19 heavy (non-hydrogen) atoms. The summed E-state index contributed by atoms with van der Waals surface area (Å²) in [5, 5.41) is 18.0. The number of aryl methyl sites for hydroxylation is 1. The quantitative estimate of drug-likeness (QED) is 0.785. The molecule has 1 heterocycles. The van der Waals surface area contributed by atoms with Crippen molar-refractivity contribution in [3.63, 3.8) is 0 Å². The van der Waals surface area contributed by atoms with E-state index >= 15 is 0 Å². The molecule has 0 atom stereocenters. The third-order valence-corrected chi connectivity index (χ3v) is 2.92. The number of aromatic carboxylic acids is 1. The highest BCUT2D eigenvalue weighted by molar-refractivity contribution is 6.04. The van der Waals surface area contributed by atoms with Crippen LogP contribution in [0.25, 0.3) is 0 Å². The monoisotopic (exact) mass is 259 g/mol. The largest absolute Gasteiger partial charge is 0.478 e. The number of benzene rings is 1. The second kappa shape index (κ2) is 4.93. The maximum atomic E-state index is 11.8. The number of carboxylic acid groups (broad SMARTS) is 1. The fourth-order valence-electron chi connectivity index (χ4n) is 1.73. The minimum Gasteiger partial charge on any atom is -0.478 e. The van der Waals surface area contributed by atoms with E-state index < -0.39 is 5.97 Å². The summed E-state index contributed by atoms with van der Waals surface area (Å²) in [5.41, 5.74) is 2.51. The van der Waals surface area contributed by atoms with E-state index in [1.165, 1.54) is 18.5 Å². The highest BCUT2D eigenvalue weighted by Gasteiger charge is 2.13. The van der Waals surface area contributed by atoms with Crippen LogP contribution in [0.4, 0.5) is 5.69 Å². The molecule has 1 aromatic carbocycles. The zero-order valence-corrected chi connectivity index (χ0v) is 10.5. The third kappa shape index (κ3) is 2.62. The summed E-state index contributed by atoms with van der Waals surface area (Å²) in [7, 11) is 0. The molecule has 0 saturated heterocycles. The van der Waals surface area contributed by atoms with E-state index in [2.05, 4.69) is 15.5 Å². The van der Waals surface area contributed by atoms with Gasteiger partial charge in [-0.3, -0.25) is 9.89 Å². The van der Waals surface area contributed by atoms with Crippen LogP contribution in [0.5, 0.6) is 0 Å². The molecular formula is C13H13N3O3. The van der Waals surface area contributed by atoms with E-state index in [0.29, 0.717) is 16.8 Å². The first-order valence-electron chi connectivity index (χ1n) is 5.63. The Hall–Kier alpha value is -2.63. The molecule has 0 aliphatic heterocycles. The zero-order chi connectivity index (χ0) is 14.0. The number of aromatic amines is 1. The number of hydrogen-bond acceptors (Lipinski definition) is 3. The highest BCUT2D eigenvalue weighted by atomic mass is 16.4. The smallest absolute Gasteiger partial charge is 0.336 e. The maximum absolute atomic E-state index is 11.8. The Balaban J connectivity index is 2.31. The topological polar surface area (TPSA) is 95.1 Å². The molecule has 0 aliphatic rings. The number of nitrogens with zero attached hydrogens (tertiary/aromatic N) is 1. The second-order valence-corrected chi connectivity index (χ2v) is 4.21. The first-order chi connectivity index (χ1) is 8.99. The van der Waals surface area contributed by atoms with E-state index in [1.807, 2.05) is 0 Å². The van der Waals surface area contributed by atoms with Gasteiger partial charge in [0.05, 0.1) is 17.3 Å². The van der Waals surface area contributed by atoms with Gasteiger partial charge in [-0.25, -0.2) is 4.79 Å². The number of hydrogen-bond donors (Lipinski definition) is 3. The molecule has 2 aromatic rings. The first kappa shape index (κ1) is 12.8. The van der Waals surface area contributed by atoms with Crippen LogP contribution >= 0.6 is 0 Å². The van der Waals surface area contributed by atoms with Crippen molar-refractivity contribution in [2.75, 3.05) is 5.32 Å². The summed E-state index contributed by atoms with van der Waals surface area (Å²) < 4.78 is 0. The van der Waals surface area contributed by atoms with Gasteiger partial charge < -0.3 is 10.4 Å². The molecule has 0 saturated carbocycles. The molecule has 2 rings (SSSR count). The number of H-pyrrole nitrogens is 1. The minimum absolute atomic E-state index is 0.183. The fraction of sp³-hybridized carbons (Fsp3) is 0.154. The number of rotatable bonds is 3. The number of aromatic nitrogens is 2. The number of carbonyl (C=O) groups is 2. The lowest BCUT2D eigenvalue weighted by atomic mass is 10.0. The van der Waals surface area contributed by atoms with Crippen LogP contribution in [0.3, 0.4) is 0 Å². The Bertz CT molecular complexity index is 633. The molecule has 1 amide bonds. The van der Waals surface area contributed by atoms with Crippen molar-refractivity contribution in [1.29, 1.82) is 0 Å². The van der Waals surface area contributed by atoms with Gasteiger partial charge in [0.15, 0.2) is 0 Å². The van der Waals surface area contributed by atoms with Crippen LogP contribution in [0.1, 0.15) is 31.8 Å². The van der Waals surface area contributed by atoms with Gasteiger partial charge in [-0.05, 0) is 37.1 Å². The van der Waals surface area contributed by atoms with Crippen molar-refractivity contribution in [3.8, 4) is 0 Å². The van der Waals surface area contributed by atoms with Crippen LogP contribution in [0.15, 0.2) is 24.5 Å². The highest BCUT2D eigenvalue weighted by Crippen LogP contribution is 2.20. The molecular weight excluding hydrogens is 246 g/mol. The molecule has 0 spiro atoms. The summed E-state index contributed by atoms with van der Waals surface area (Å²) in [6, 6.07) is 3.18. The van der Waals surface area contributed by atoms with Crippen LogP contribution in [0.2, 0.25) is 0 Å². The summed E-state index contributed by atoms with van der Waals surface area (Å²) in [4.78, 5) is 22.9. The number of amides is 1. The Morgan fingerprint density at radius 1 is 1.32 bits per heavy atom. The number of carbonyl (C=O) groups excluding carboxylic acids is 1. The van der Waals surface area contributed by atoms with Crippen LogP contribution in [-0.2, 0) is 0 Å². The standard InChI is InChI=1S/C13H13N3O3/c1-7-3-10(4-11(8(7)2)13(18)19)16-12(17)9-5-14-15-6-9/h3-6H,1-2H3,(H,14,15)(H,16,17)(H,18,19). The summed E-state index contributed by atoms with van der Waals surface area (Å²) in [6.07, 6.45) is 2.86. The van der Waals surface area contributed by atoms with Crippen molar-refractivity contribution >= 4 is 17.6 Å². The van der Waals surface area contributed by atoms with Gasteiger partial charge in [0.2, 0.25) is 0 Å². The van der Waals surface area contributed by atoms with E-state index in [9.17, 15) is 9.59 Å². The second-order valence-electron chi connectivity index (χ2n) is 4.21. The van der Waals surface area contributed by atoms with E-state index in [0.717, 1.165) is 5.56 Å². The van der Waals surface area contributed by atoms with Crippen molar-refractivity contribution in [3.05, 3.63) is 46.8 Å². The Morgan fingerprint density at radius 2 is 2.05 bits per heavy atom. The SMILES string of the molecule is Cc1cc(NC(=O)c2cn[nH]c2)cc(C(=O)O)c1C. The summed E-state index contributed by atoms with van der Waals surface area (Å²) in [5.74, 6) is -1.35. The molecule has 6 nitrogen and oxygen atoms in total. The summed E-state index contributed by atoms with van der Waals surface area (Å²) >= 11 is 0. The van der Waals surface area contributed by atoms with Crippen molar-refractivity contribution < 1.29 is 14.7 Å². The van der Waals surface area contributed by atoms with Crippen LogP contribution in [0, 0.1) is 13.8 Å². The number of nitrogens with one attached hydrogen (secondary N) is 2. The molecule has 3 N–H and O–H groups in total. The van der Waals surface area contributed by atoms with Gasteiger partial charge in [-0.1, -0.05) is 0 Å². The van der Waals surface area contributed by atoms with E-state index in [-0.39, 0.29) is 11.5 Å². The van der Waals surface area contributed by atoms with Gasteiger partial charge in [-0.2, -0.15) is 5.10 Å². The van der Waals surface area contributed by atoms with Gasteiger partial charge in [0.25, 0.3) is 5.91 Å². The third-order valence-electron chi connectivity index (χ3n) is 2.92. The molecule has 6 heteroatoms. The molecule has 0 bridgehead atoms. The first-order valence-corrected chi connectivity index (χ1v) is 5.63. The Labute approximate surface area is 109 Å². The lowest BCUT2D eigenvalue weighted by molar-refractivity contribution is 0.0695. The molecule has 1 aromatic heterocycles. The average Bonchev–Trinajstić information content (AvgIpc) is 2.86. The van der Waals surface area contributed by atoms with E-state index in [1.54, 1.807) is 19.9 Å². The van der Waals surface area contributed by atoms with Crippen molar-refractivity contribution in [1.82, 2.24) is 10.2 Å². The van der Waals surface area contributed by atoms with Gasteiger partial charge in [0.1, 0.15) is 0 Å². The van der Waals surface area contributed by atoms with Gasteiger partial charge in [0, 0.05) is 11.9 Å². The predicted octanol–water partition coefficient (Wildman–Crippen LogP) is 1.98. The summed E-state index contributed by atoms with van der Waals surface area (Å²) in [6.45, 7) is 3.54. The van der Waals surface area contributed by atoms with E-state index in [4.69, 9.17) is 5.11 Å². The molecule has 0 unspecified atom stereocenters. The van der Waals surface area contributed by atoms with Gasteiger partial charge >= 0.3 is 5.97 Å². The van der Waals surface area contributed by atoms with Crippen molar-refractivity contribution in [2.24, 2.45) is 0 Å². The molecule has 0 aliphatic carbocycles. The predicted molar refractivity (Wildman–Crippen MR) is 69.4 cm³/mol. The molecule has 98 valence electrons. The number of anilines is 1. The molecule has 0 radical (unpaired) electrons. The average molecular weight is 259 g/mol. The fourth-order valence-corrected chi connectivity index (χ4v) is 1.73. The Kier molecular flexibility index (Phi) is 3.33. The van der Waals surface area contributed by atoms with Crippen molar-refractivity contribution in [2.45, 2.75) is 13.8 Å². The zero-order valence-electron chi connectivity index (χ0n) is 10.5.